The van der Waals surface area contributed by atoms with Gasteiger partial charge in [-0.05, 0) is 37.0 Å². The number of aromatic amines is 1. The molecule has 0 fully saturated rings. The third kappa shape index (κ3) is 4.07. The molecule has 1 aliphatic heterocycles. The van der Waals surface area contributed by atoms with E-state index in [1.54, 1.807) is 0 Å². The standard InChI is InChI=1S/C25H29N3O/c1-3-21-24(27-18(2)19-9-5-4-6-10-19)14-16-28(25(21)29)15-13-20-17-26-23-12-8-7-11-22(20)23/h4-12,17-18,26-27H,3,13-16H2,1-2H3/t18-/m1/s1. The Morgan fingerprint density at radius 2 is 1.86 bits per heavy atom. The summed E-state index contributed by atoms with van der Waals surface area (Å²) in [5.74, 6) is 0.182. The number of carbonyl (C=O) groups excluding carboxylic acids is 1. The summed E-state index contributed by atoms with van der Waals surface area (Å²) < 4.78 is 0. The number of fused-ring (bicyclic) bond motifs is 1. The molecule has 0 spiro atoms. The van der Waals surface area contributed by atoms with Crippen LogP contribution in [0, 0.1) is 0 Å². The number of rotatable bonds is 7. The summed E-state index contributed by atoms with van der Waals surface area (Å²) >= 11 is 0. The van der Waals surface area contributed by atoms with Gasteiger partial charge in [0.2, 0.25) is 0 Å². The zero-order valence-electron chi connectivity index (χ0n) is 17.2. The Morgan fingerprint density at radius 3 is 2.66 bits per heavy atom. The monoisotopic (exact) mass is 387 g/mol. The topological polar surface area (TPSA) is 48.1 Å². The largest absolute Gasteiger partial charge is 0.381 e. The summed E-state index contributed by atoms with van der Waals surface area (Å²) in [6, 6.07) is 18.9. The summed E-state index contributed by atoms with van der Waals surface area (Å²) in [6.45, 7) is 5.76. The van der Waals surface area contributed by atoms with E-state index in [2.05, 4.69) is 72.8 Å². The van der Waals surface area contributed by atoms with Gasteiger partial charge in [0.25, 0.3) is 5.91 Å². The van der Waals surface area contributed by atoms with Crippen molar-refractivity contribution in [2.75, 3.05) is 13.1 Å². The number of carbonyl (C=O) groups is 1. The van der Waals surface area contributed by atoms with Crippen molar-refractivity contribution in [2.45, 2.75) is 39.2 Å². The molecule has 0 unspecified atom stereocenters. The van der Waals surface area contributed by atoms with Crippen LogP contribution in [0.15, 0.2) is 72.1 Å². The Kier molecular flexibility index (Phi) is 5.70. The van der Waals surface area contributed by atoms with Crippen molar-refractivity contribution >= 4 is 16.8 Å². The smallest absolute Gasteiger partial charge is 0.251 e. The van der Waals surface area contributed by atoms with Crippen molar-refractivity contribution in [2.24, 2.45) is 0 Å². The number of para-hydroxylation sites is 1. The highest BCUT2D eigenvalue weighted by molar-refractivity contribution is 5.95. The molecule has 150 valence electrons. The van der Waals surface area contributed by atoms with Crippen LogP contribution in [-0.4, -0.2) is 28.9 Å². The first-order chi connectivity index (χ1) is 14.2. The summed E-state index contributed by atoms with van der Waals surface area (Å²) in [6.07, 6.45) is 4.59. The Labute approximate surface area is 172 Å². The number of aromatic nitrogens is 1. The maximum atomic E-state index is 13.1. The van der Waals surface area contributed by atoms with Gasteiger partial charge in [-0.3, -0.25) is 4.79 Å². The molecule has 1 aromatic heterocycles. The highest BCUT2D eigenvalue weighted by atomic mass is 16.2. The number of amides is 1. The van der Waals surface area contributed by atoms with Crippen LogP contribution in [0.4, 0.5) is 0 Å². The average Bonchev–Trinajstić information content (AvgIpc) is 3.17. The number of H-pyrrole nitrogens is 1. The molecule has 0 saturated heterocycles. The van der Waals surface area contributed by atoms with E-state index in [0.717, 1.165) is 49.1 Å². The molecule has 1 aliphatic rings. The Balaban J connectivity index is 1.44. The molecular formula is C25H29N3O. The van der Waals surface area contributed by atoms with Gasteiger partial charge < -0.3 is 15.2 Å². The molecule has 4 rings (SSSR count). The molecule has 29 heavy (non-hydrogen) atoms. The molecule has 0 radical (unpaired) electrons. The highest BCUT2D eigenvalue weighted by Gasteiger charge is 2.26. The lowest BCUT2D eigenvalue weighted by atomic mass is 10.00. The van der Waals surface area contributed by atoms with Crippen molar-refractivity contribution in [3.63, 3.8) is 0 Å². The average molecular weight is 388 g/mol. The second-order valence-electron chi connectivity index (χ2n) is 7.74. The summed E-state index contributed by atoms with van der Waals surface area (Å²) in [4.78, 5) is 18.5. The van der Waals surface area contributed by atoms with E-state index in [1.807, 2.05) is 17.0 Å². The molecule has 4 heteroatoms. The van der Waals surface area contributed by atoms with Gasteiger partial charge in [-0.25, -0.2) is 0 Å². The van der Waals surface area contributed by atoms with Crippen molar-refractivity contribution < 1.29 is 4.79 Å². The summed E-state index contributed by atoms with van der Waals surface area (Å²) in [5, 5.41) is 4.86. The van der Waals surface area contributed by atoms with E-state index in [0.29, 0.717) is 0 Å². The zero-order chi connectivity index (χ0) is 20.2. The van der Waals surface area contributed by atoms with Gasteiger partial charge in [0.15, 0.2) is 0 Å². The number of hydrogen-bond donors (Lipinski definition) is 2. The fourth-order valence-electron chi connectivity index (χ4n) is 4.24. The normalized spacial score (nSPS) is 15.8. The molecule has 2 aromatic carbocycles. The van der Waals surface area contributed by atoms with Crippen LogP contribution >= 0.6 is 0 Å². The molecule has 1 atom stereocenters. The third-order valence-corrected chi connectivity index (χ3v) is 5.91. The SMILES string of the molecule is CCC1=C(N[C@H](C)c2ccccc2)CCN(CCc2c[nH]c3ccccc23)C1=O. The van der Waals surface area contributed by atoms with Crippen LogP contribution in [0.5, 0.6) is 0 Å². The molecule has 1 amide bonds. The van der Waals surface area contributed by atoms with Crippen LogP contribution in [0.25, 0.3) is 10.9 Å². The fourth-order valence-corrected chi connectivity index (χ4v) is 4.24. The van der Waals surface area contributed by atoms with Crippen LogP contribution in [0.3, 0.4) is 0 Å². The minimum Gasteiger partial charge on any atom is -0.381 e. The first-order valence-corrected chi connectivity index (χ1v) is 10.5. The lowest BCUT2D eigenvalue weighted by Crippen LogP contribution is -2.41. The first-order valence-electron chi connectivity index (χ1n) is 10.5. The zero-order valence-corrected chi connectivity index (χ0v) is 17.2. The maximum Gasteiger partial charge on any atom is 0.251 e. The van der Waals surface area contributed by atoms with Gasteiger partial charge in [0.1, 0.15) is 0 Å². The van der Waals surface area contributed by atoms with Gasteiger partial charge >= 0.3 is 0 Å². The molecule has 2 heterocycles. The van der Waals surface area contributed by atoms with Crippen LogP contribution < -0.4 is 5.32 Å². The number of benzene rings is 2. The van der Waals surface area contributed by atoms with Crippen LogP contribution in [0.2, 0.25) is 0 Å². The van der Waals surface area contributed by atoms with Crippen molar-refractivity contribution in [1.82, 2.24) is 15.2 Å². The summed E-state index contributed by atoms with van der Waals surface area (Å²) in [5.41, 5.74) is 5.71. The maximum absolute atomic E-state index is 13.1. The quantitative estimate of drug-likeness (QED) is 0.602. The Bertz CT molecular complexity index is 1020. The third-order valence-electron chi connectivity index (χ3n) is 5.91. The predicted molar refractivity (Wildman–Crippen MR) is 119 cm³/mol. The molecule has 0 bridgehead atoms. The van der Waals surface area contributed by atoms with E-state index < -0.39 is 0 Å². The van der Waals surface area contributed by atoms with Gasteiger partial charge in [-0.15, -0.1) is 0 Å². The minimum atomic E-state index is 0.182. The highest BCUT2D eigenvalue weighted by Crippen LogP contribution is 2.25. The second-order valence-corrected chi connectivity index (χ2v) is 7.74. The fraction of sp³-hybridized carbons (Fsp3) is 0.320. The minimum absolute atomic E-state index is 0.182. The van der Waals surface area contributed by atoms with E-state index >= 15 is 0 Å². The molecule has 3 aromatic rings. The van der Waals surface area contributed by atoms with E-state index in [4.69, 9.17) is 0 Å². The van der Waals surface area contributed by atoms with Crippen LogP contribution in [0.1, 0.15) is 43.9 Å². The number of nitrogens with one attached hydrogen (secondary N) is 2. The molecule has 0 aliphatic carbocycles. The van der Waals surface area contributed by atoms with Gasteiger partial charge in [0.05, 0.1) is 0 Å². The van der Waals surface area contributed by atoms with Crippen LogP contribution in [-0.2, 0) is 11.2 Å². The van der Waals surface area contributed by atoms with Gasteiger partial charge in [0, 0.05) is 53.9 Å². The van der Waals surface area contributed by atoms with E-state index in [-0.39, 0.29) is 11.9 Å². The lowest BCUT2D eigenvalue weighted by Gasteiger charge is -2.32. The van der Waals surface area contributed by atoms with E-state index in [9.17, 15) is 4.79 Å². The molecule has 4 nitrogen and oxygen atoms in total. The number of hydrogen-bond acceptors (Lipinski definition) is 2. The predicted octanol–water partition coefficient (Wildman–Crippen LogP) is 4.96. The van der Waals surface area contributed by atoms with E-state index in [1.165, 1.54) is 16.5 Å². The Morgan fingerprint density at radius 1 is 1.10 bits per heavy atom. The lowest BCUT2D eigenvalue weighted by molar-refractivity contribution is -0.128. The second kappa shape index (κ2) is 8.56. The first kappa shape index (κ1) is 19.3. The summed E-state index contributed by atoms with van der Waals surface area (Å²) in [7, 11) is 0. The Hall–Kier alpha value is -3.01. The van der Waals surface area contributed by atoms with Crippen molar-refractivity contribution in [1.29, 1.82) is 0 Å². The number of nitrogens with zero attached hydrogens (tertiary/aromatic N) is 1. The van der Waals surface area contributed by atoms with Crippen molar-refractivity contribution in [3.8, 4) is 0 Å². The molecule has 2 N–H and O–H groups in total. The molecule has 0 saturated carbocycles. The molecular weight excluding hydrogens is 358 g/mol. The van der Waals surface area contributed by atoms with Crippen molar-refractivity contribution in [3.05, 3.63) is 83.2 Å². The van der Waals surface area contributed by atoms with Gasteiger partial charge in [-0.2, -0.15) is 0 Å². The van der Waals surface area contributed by atoms with Gasteiger partial charge in [-0.1, -0.05) is 55.5 Å².